The van der Waals surface area contributed by atoms with Crippen molar-refractivity contribution in [1.82, 2.24) is 3.97 Å². The number of fused-ring (bicyclic) bond motifs is 1. The van der Waals surface area contributed by atoms with E-state index < -0.39 is 16.1 Å². The predicted molar refractivity (Wildman–Crippen MR) is 142 cm³/mol. The van der Waals surface area contributed by atoms with Crippen molar-refractivity contribution in [3.63, 3.8) is 0 Å². The zero-order valence-electron chi connectivity index (χ0n) is 21.3. The van der Waals surface area contributed by atoms with E-state index in [0.29, 0.717) is 42.7 Å². The van der Waals surface area contributed by atoms with Crippen LogP contribution in [0.5, 0.6) is 5.75 Å². The molecule has 1 aliphatic rings. The van der Waals surface area contributed by atoms with E-state index >= 15 is 0 Å². The first-order chi connectivity index (χ1) is 17.3. The van der Waals surface area contributed by atoms with E-state index in [-0.39, 0.29) is 16.9 Å². The van der Waals surface area contributed by atoms with Gasteiger partial charge >= 0.3 is 0 Å². The van der Waals surface area contributed by atoms with Crippen LogP contribution in [0.15, 0.2) is 69.6 Å². The second kappa shape index (κ2) is 10.7. The third kappa shape index (κ3) is 4.97. The first-order valence-electron chi connectivity index (χ1n) is 12.2. The van der Waals surface area contributed by atoms with Crippen LogP contribution in [0.1, 0.15) is 33.3 Å². The number of nitrogens with zero attached hydrogens (tertiary/aromatic N) is 3. The van der Waals surface area contributed by atoms with Gasteiger partial charge < -0.3 is 14.2 Å². The summed E-state index contributed by atoms with van der Waals surface area (Å²) in [4.78, 5) is 9.97. The highest BCUT2D eigenvalue weighted by molar-refractivity contribution is 7.90. The van der Waals surface area contributed by atoms with Crippen molar-refractivity contribution >= 4 is 32.7 Å². The molecule has 4 rings (SSSR count). The molecular formula is C27H33N3O5S. The molecule has 36 heavy (non-hydrogen) atoms. The van der Waals surface area contributed by atoms with Crippen molar-refractivity contribution in [2.75, 3.05) is 20.3 Å². The normalized spacial score (nSPS) is 18.2. The Morgan fingerprint density at radius 1 is 0.972 bits per heavy atom. The first kappa shape index (κ1) is 25.8. The number of rotatable bonds is 8. The quantitative estimate of drug-likeness (QED) is 0.437. The van der Waals surface area contributed by atoms with Crippen LogP contribution >= 0.6 is 0 Å². The fourth-order valence-electron chi connectivity index (χ4n) is 4.33. The van der Waals surface area contributed by atoms with Gasteiger partial charge in [-0.3, -0.25) is 0 Å². The number of hydrogen-bond donors (Lipinski definition) is 0. The lowest BCUT2D eigenvalue weighted by molar-refractivity contribution is 0.276. The second-order valence-electron chi connectivity index (χ2n) is 8.86. The van der Waals surface area contributed by atoms with Crippen LogP contribution in [0.25, 0.3) is 10.9 Å². The summed E-state index contributed by atoms with van der Waals surface area (Å²) in [5.41, 5.74) is 1.36. The lowest BCUT2D eigenvalue weighted by Crippen LogP contribution is -2.39. The molecule has 0 amide bonds. The van der Waals surface area contributed by atoms with E-state index in [9.17, 15) is 8.42 Å². The van der Waals surface area contributed by atoms with Crippen LogP contribution in [0.3, 0.4) is 0 Å². The summed E-state index contributed by atoms with van der Waals surface area (Å²) in [6.45, 7) is 8.92. The molecule has 1 aromatic heterocycles. The maximum absolute atomic E-state index is 13.6. The third-order valence-electron chi connectivity index (χ3n) is 6.08. The molecule has 192 valence electrons. The Bertz CT molecular complexity index is 1380. The van der Waals surface area contributed by atoms with Crippen LogP contribution in [0.4, 0.5) is 0 Å². The Labute approximate surface area is 212 Å². The summed E-state index contributed by atoms with van der Waals surface area (Å²) in [5.74, 6) is 1.95. The molecule has 8 nitrogen and oxygen atoms in total. The Kier molecular flexibility index (Phi) is 7.68. The number of benzene rings is 2. The van der Waals surface area contributed by atoms with Gasteiger partial charge in [0.05, 0.1) is 30.7 Å². The molecule has 0 bridgehead atoms. The highest BCUT2D eigenvalue weighted by Crippen LogP contribution is 2.31. The highest BCUT2D eigenvalue weighted by atomic mass is 32.2. The van der Waals surface area contributed by atoms with Crippen molar-refractivity contribution in [2.24, 2.45) is 15.9 Å². The van der Waals surface area contributed by atoms with Crippen LogP contribution < -0.4 is 4.74 Å². The van der Waals surface area contributed by atoms with Crippen LogP contribution in [-0.4, -0.2) is 56.6 Å². The van der Waals surface area contributed by atoms with Gasteiger partial charge in [-0.1, -0.05) is 32.0 Å². The second-order valence-corrected chi connectivity index (χ2v) is 10.7. The molecule has 0 N–H and O–H groups in total. The number of hydrogen-bond acceptors (Lipinski definition) is 7. The number of aliphatic imine (C=N–C) groups is 2. The van der Waals surface area contributed by atoms with E-state index in [2.05, 4.69) is 13.8 Å². The van der Waals surface area contributed by atoms with Crippen molar-refractivity contribution in [3.8, 4) is 5.75 Å². The Balaban J connectivity index is 1.83. The lowest BCUT2D eigenvalue weighted by atomic mass is 10.00. The molecule has 0 fully saturated rings. The van der Waals surface area contributed by atoms with Gasteiger partial charge in [-0.2, -0.15) is 0 Å². The molecule has 2 aromatic carbocycles. The Hall–Kier alpha value is -3.33. The van der Waals surface area contributed by atoms with Gasteiger partial charge in [-0.15, -0.1) is 0 Å². The first-order valence-corrected chi connectivity index (χ1v) is 13.6. The number of aromatic nitrogens is 1. The van der Waals surface area contributed by atoms with E-state index in [4.69, 9.17) is 24.2 Å². The SMILES string of the molecule is CCOC1=N[C@H](C(C)C)C(OCC)=N[C@H]1Cc1cn(S(=O)(=O)c2ccccc2)c2ccc(OC)cc12. The summed E-state index contributed by atoms with van der Waals surface area (Å²) in [6, 6.07) is 13.1. The molecule has 9 heteroatoms. The monoisotopic (exact) mass is 511 g/mol. The van der Waals surface area contributed by atoms with Crippen LogP contribution in [0, 0.1) is 5.92 Å². The van der Waals surface area contributed by atoms with Crippen molar-refractivity contribution in [1.29, 1.82) is 0 Å². The van der Waals surface area contributed by atoms with Gasteiger partial charge in [0.25, 0.3) is 10.0 Å². The molecule has 2 atom stereocenters. The van der Waals surface area contributed by atoms with E-state index in [1.807, 2.05) is 19.9 Å². The van der Waals surface area contributed by atoms with Gasteiger partial charge in [0.15, 0.2) is 0 Å². The molecule has 0 unspecified atom stereocenters. The van der Waals surface area contributed by atoms with E-state index in [0.717, 1.165) is 10.9 Å². The smallest absolute Gasteiger partial charge is 0.268 e. The average Bonchev–Trinajstić information content (AvgIpc) is 3.24. The minimum Gasteiger partial charge on any atom is -0.497 e. The standard InChI is InChI=1S/C27H33N3O5S/c1-6-34-26-23(28-27(35-7-2)25(29-26)18(3)4)15-19-17-30(24-14-13-20(33-5)16-22(19)24)36(31,32)21-11-9-8-10-12-21/h8-14,16-18,23,25H,6-7,15H2,1-5H3/t23-,25+/m0/s1. The van der Waals surface area contributed by atoms with Crippen LogP contribution in [-0.2, 0) is 25.9 Å². The van der Waals surface area contributed by atoms with E-state index in [1.54, 1.807) is 55.8 Å². The summed E-state index contributed by atoms with van der Waals surface area (Å²) in [6.07, 6.45) is 2.06. The summed E-state index contributed by atoms with van der Waals surface area (Å²) in [5, 5.41) is 0.767. The van der Waals surface area contributed by atoms with Gasteiger partial charge in [-0.25, -0.2) is 22.4 Å². The van der Waals surface area contributed by atoms with Crippen molar-refractivity contribution < 1.29 is 22.6 Å². The maximum Gasteiger partial charge on any atom is 0.268 e. The molecule has 3 aromatic rings. The molecule has 0 saturated carbocycles. The molecular weight excluding hydrogens is 478 g/mol. The minimum atomic E-state index is -3.81. The number of methoxy groups -OCH3 is 1. The molecule has 0 radical (unpaired) electrons. The Morgan fingerprint density at radius 2 is 1.67 bits per heavy atom. The lowest BCUT2D eigenvalue weighted by Gasteiger charge is -2.28. The average molecular weight is 512 g/mol. The van der Waals surface area contributed by atoms with Gasteiger partial charge in [0, 0.05) is 18.0 Å². The molecule has 0 spiro atoms. The van der Waals surface area contributed by atoms with Gasteiger partial charge in [0.2, 0.25) is 11.8 Å². The zero-order valence-corrected chi connectivity index (χ0v) is 22.2. The summed E-state index contributed by atoms with van der Waals surface area (Å²) >= 11 is 0. The van der Waals surface area contributed by atoms with Crippen molar-refractivity contribution in [3.05, 3.63) is 60.3 Å². The van der Waals surface area contributed by atoms with Crippen LogP contribution in [0.2, 0.25) is 0 Å². The van der Waals surface area contributed by atoms with E-state index in [1.165, 1.54) is 3.97 Å². The molecule has 1 aliphatic heterocycles. The molecule has 0 saturated heterocycles. The molecule has 2 heterocycles. The fourth-order valence-corrected chi connectivity index (χ4v) is 5.74. The zero-order chi connectivity index (χ0) is 25.9. The number of ether oxygens (including phenoxy) is 3. The minimum absolute atomic E-state index is 0.189. The van der Waals surface area contributed by atoms with Gasteiger partial charge in [0.1, 0.15) is 17.8 Å². The highest BCUT2D eigenvalue weighted by Gasteiger charge is 2.33. The Morgan fingerprint density at radius 3 is 2.31 bits per heavy atom. The summed E-state index contributed by atoms with van der Waals surface area (Å²) in [7, 11) is -2.23. The molecule has 0 aliphatic carbocycles. The largest absolute Gasteiger partial charge is 0.497 e. The predicted octanol–water partition coefficient (Wildman–Crippen LogP) is 4.71. The topological polar surface area (TPSA) is 91.5 Å². The summed E-state index contributed by atoms with van der Waals surface area (Å²) < 4.78 is 45.7. The van der Waals surface area contributed by atoms with Gasteiger partial charge in [-0.05, 0) is 55.7 Å². The maximum atomic E-state index is 13.6. The fraction of sp³-hybridized carbons (Fsp3) is 0.407. The van der Waals surface area contributed by atoms with Crippen molar-refractivity contribution in [2.45, 2.75) is 51.1 Å². The third-order valence-corrected chi connectivity index (χ3v) is 7.76.